The molecule has 0 fully saturated rings. The molecule has 4 heteroatoms. The van der Waals surface area contributed by atoms with Crippen LogP contribution in [0.1, 0.15) is 0 Å². The minimum atomic E-state index is 0.0589. The number of hydrogen-bond donors (Lipinski definition) is 2. The predicted octanol–water partition coefficient (Wildman–Crippen LogP) is -1.12. The lowest BCUT2D eigenvalue weighted by molar-refractivity contribution is -0.121. The second-order valence-corrected chi connectivity index (χ2v) is 2.51. The van der Waals surface area contributed by atoms with Gasteiger partial charge in [-0.3, -0.25) is 9.69 Å². The van der Waals surface area contributed by atoms with Gasteiger partial charge in [-0.15, -0.1) is 0 Å². The lowest BCUT2D eigenvalue weighted by atomic mass is 10.5. The Labute approximate surface area is 67.9 Å². The van der Waals surface area contributed by atoms with Crippen LogP contribution >= 0.6 is 0 Å². The maximum Gasteiger partial charge on any atom is 0.233 e. The molecule has 0 aliphatic rings. The standard InChI is InChI=1S/C7H17N3O/c1-8-4-5-10(3)6-7(11)9-2/h8H,4-6H2,1-3H3,(H,9,11). The van der Waals surface area contributed by atoms with Crippen LogP contribution in [0.15, 0.2) is 0 Å². The average Bonchev–Trinajstić information content (AvgIpc) is 2.00. The van der Waals surface area contributed by atoms with Crippen molar-refractivity contribution in [2.45, 2.75) is 0 Å². The Bertz CT molecular complexity index is 116. The molecule has 0 aromatic carbocycles. The van der Waals surface area contributed by atoms with Gasteiger partial charge in [0.1, 0.15) is 0 Å². The van der Waals surface area contributed by atoms with Crippen LogP contribution in [-0.2, 0) is 4.79 Å². The number of amides is 1. The first-order chi connectivity index (χ1) is 5.20. The Morgan fingerprint density at radius 2 is 2.09 bits per heavy atom. The molecule has 66 valence electrons. The van der Waals surface area contributed by atoms with E-state index in [1.165, 1.54) is 0 Å². The van der Waals surface area contributed by atoms with Crippen LogP contribution in [0.2, 0.25) is 0 Å². The molecule has 0 aliphatic carbocycles. The van der Waals surface area contributed by atoms with Crippen molar-refractivity contribution in [2.24, 2.45) is 0 Å². The van der Waals surface area contributed by atoms with E-state index < -0.39 is 0 Å². The highest BCUT2D eigenvalue weighted by atomic mass is 16.1. The summed E-state index contributed by atoms with van der Waals surface area (Å²) in [4.78, 5) is 12.8. The highest BCUT2D eigenvalue weighted by Crippen LogP contribution is 1.78. The van der Waals surface area contributed by atoms with E-state index in [1.807, 2.05) is 19.0 Å². The maximum atomic E-state index is 10.8. The second kappa shape index (κ2) is 6.12. The van der Waals surface area contributed by atoms with Crippen LogP contribution in [0.5, 0.6) is 0 Å². The van der Waals surface area contributed by atoms with Crippen molar-refractivity contribution in [1.82, 2.24) is 15.5 Å². The second-order valence-electron chi connectivity index (χ2n) is 2.51. The van der Waals surface area contributed by atoms with Crippen molar-refractivity contribution in [3.63, 3.8) is 0 Å². The molecule has 0 saturated heterocycles. The molecule has 0 spiro atoms. The minimum Gasteiger partial charge on any atom is -0.358 e. The zero-order valence-corrected chi connectivity index (χ0v) is 7.48. The SMILES string of the molecule is CNCCN(C)CC(=O)NC. The predicted molar refractivity (Wildman–Crippen MR) is 45.5 cm³/mol. The van der Waals surface area contributed by atoms with Gasteiger partial charge in [-0.25, -0.2) is 0 Å². The molecular weight excluding hydrogens is 142 g/mol. The lowest BCUT2D eigenvalue weighted by Gasteiger charge is -2.14. The molecule has 0 heterocycles. The zero-order chi connectivity index (χ0) is 8.69. The van der Waals surface area contributed by atoms with Gasteiger partial charge in [0.2, 0.25) is 5.91 Å². The molecule has 0 atom stereocenters. The number of likely N-dealkylation sites (N-methyl/N-ethyl adjacent to an activating group) is 3. The van der Waals surface area contributed by atoms with Crippen molar-refractivity contribution >= 4 is 5.91 Å². The van der Waals surface area contributed by atoms with Gasteiger partial charge < -0.3 is 10.6 Å². The summed E-state index contributed by atoms with van der Waals surface area (Å²) in [6.45, 7) is 2.27. The molecule has 4 nitrogen and oxygen atoms in total. The summed E-state index contributed by atoms with van der Waals surface area (Å²) in [6.07, 6.45) is 0. The van der Waals surface area contributed by atoms with Crippen LogP contribution < -0.4 is 10.6 Å². The topological polar surface area (TPSA) is 44.4 Å². The highest BCUT2D eigenvalue weighted by molar-refractivity contribution is 5.77. The molecule has 0 rings (SSSR count). The molecule has 0 radical (unpaired) electrons. The van der Waals surface area contributed by atoms with Crippen molar-refractivity contribution in [2.75, 3.05) is 40.8 Å². The third-order valence-corrected chi connectivity index (χ3v) is 1.44. The number of nitrogens with one attached hydrogen (secondary N) is 2. The van der Waals surface area contributed by atoms with E-state index in [1.54, 1.807) is 7.05 Å². The van der Waals surface area contributed by atoms with Gasteiger partial charge in [0.15, 0.2) is 0 Å². The van der Waals surface area contributed by atoms with E-state index in [9.17, 15) is 4.79 Å². The maximum absolute atomic E-state index is 10.8. The quantitative estimate of drug-likeness (QED) is 0.534. The first-order valence-electron chi connectivity index (χ1n) is 3.74. The summed E-state index contributed by atoms with van der Waals surface area (Å²) in [7, 11) is 5.47. The number of carbonyl (C=O) groups is 1. The van der Waals surface area contributed by atoms with Gasteiger partial charge in [-0.2, -0.15) is 0 Å². The third kappa shape index (κ3) is 5.82. The monoisotopic (exact) mass is 159 g/mol. The summed E-state index contributed by atoms with van der Waals surface area (Å²) in [5.41, 5.74) is 0. The lowest BCUT2D eigenvalue weighted by Crippen LogP contribution is -2.36. The Kier molecular flexibility index (Phi) is 5.78. The largest absolute Gasteiger partial charge is 0.358 e. The zero-order valence-electron chi connectivity index (χ0n) is 7.48. The Morgan fingerprint density at radius 3 is 2.55 bits per heavy atom. The van der Waals surface area contributed by atoms with Crippen molar-refractivity contribution < 1.29 is 4.79 Å². The Balaban J connectivity index is 3.35. The Morgan fingerprint density at radius 1 is 1.45 bits per heavy atom. The first-order valence-corrected chi connectivity index (χ1v) is 3.74. The van der Waals surface area contributed by atoms with E-state index in [0.29, 0.717) is 6.54 Å². The smallest absolute Gasteiger partial charge is 0.233 e. The summed E-state index contributed by atoms with van der Waals surface area (Å²) in [6, 6.07) is 0. The average molecular weight is 159 g/mol. The van der Waals surface area contributed by atoms with Crippen LogP contribution in [-0.4, -0.2) is 51.6 Å². The van der Waals surface area contributed by atoms with E-state index in [-0.39, 0.29) is 5.91 Å². The van der Waals surface area contributed by atoms with E-state index in [4.69, 9.17) is 0 Å². The number of nitrogens with zero attached hydrogens (tertiary/aromatic N) is 1. The fourth-order valence-corrected chi connectivity index (χ4v) is 0.706. The molecule has 2 N–H and O–H groups in total. The molecule has 0 aliphatic heterocycles. The number of rotatable bonds is 5. The van der Waals surface area contributed by atoms with Crippen LogP contribution in [0.3, 0.4) is 0 Å². The normalized spacial score (nSPS) is 10.2. The fraction of sp³-hybridized carbons (Fsp3) is 0.857. The first kappa shape index (κ1) is 10.4. The number of hydrogen-bond acceptors (Lipinski definition) is 3. The van der Waals surface area contributed by atoms with E-state index in [2.05, 4.69) is 10.6 Å². The molecule has 0 saturated carbocycles. The van der Waals surface area contributed by atoms with E-state index >= 15 is 0 Å². The minimum absolute atomic E-state index is 0.0589. The van der Waals surface area contributed by atoms with Crippen molar-refractivity contribution in [3.8, 4) is 0 Å². The molecule has 0 aromatic heterocycles. The van der Waals surface area contributed by atoms with Crippen molar-refractivity contribution in [1.29, 1.82) is 0 Å². The Hall–Kier alpha value is -0.610. The van der Waals surface area contributed by atoms with E-state index in [0.717, 1.165) is 13.1 Å². The van der Waals surface area contributed by atoms with Crippen LogP contribution in [0, 0.1) is 0 Å². The molecule has 0 unspecified atom stereocenters. The summed E-state index contributed by atoms with van der Waals surface area (Å²) in [5, 5.41) is 5.59. The molecule has 0 aromatic rings. The van der Waals surface area contributed by atoms with Crippen LogP contribution in [0.25, 0.3) is 0 Å². The van der Waals surface area contributed by atoms with Gasteiger partial charge in [-0.05, 0) is 14.1 Å². The molecule has 0 bridgehead atoms. The molecule has 1 amide bonds. The molecular formula is C7H17N3O. The summed E-state index contributed by atoms with van der Waals surface area (Å²) in [5.74, 6) is 0.0589. The van der Waals surface area contributed by atoms with Gasteiger partial charge >= 0.3 is 0 Å². The summed E-state index contributed by atoms with van der Waals surface area (Å²) < 4.78 is 0. The van der Waals surface area contributed by atoms with Gasteiger partial charge in [0.05, 0.1) is 6.54 Å². The van der Waals surface area contributed by atoms with Gasteiger partial charge in [0, 0.05) is 20.1 Å². The number of carbonyl (C=O) groups excluding carboxylic acids is 1. The fourth-order valence-electron chi connectivity index (χ4n) is 0.706. The van der Waals surface area contributed by atoms with Crippen molar-refractivity contribution in [3.05, 3.63) is 0 Å². The van der Waals surface area contributed by atoms with Crippen LogP contribution in [0.4, 0.5) is 0 Å². The highest BCUT2D eigenvalue weighted by Gasteiger charge is 2.01. The molecule has 11 heavy (non-hydrogen) atoms. The van der Waals surface area contributed by atoms with Gasteiger partial charge in [0.25, 0.3) is 0 Å². The summed E-state index contributed by atoms with van der Waals surface area (Å²) >= 11 is 0. The van der Waals surface area contributed by atoms with Gasteiger partial charge in [-0.1, -0.05) is 0 Å². The third-order valence-electron chi connectivity index (χ3n) is 1.44.